The Balaban J connectivity index is 1.76. The molecule has 0 spiro atoms. The summed E-state index contributed by atoms with van der Waals surface area (Å²) in [5.74, 6) is 0.973. The van der Waals surface area contributed by atoms with Crippen molar-refractivity contribution >= 4 is 23.5 Å². The van der Waals surface area contributed by atoms with Crippen LogP contribution in [0.25, 0.3) is 17.3 Å². The van der Waals surface area contributed by atoms with Crippen LogP contribution in [0, 0.1) is 6.92 Å². The van der Waals surface area contributed by atoms with Gasteiger partial charge in [-0.1, -0.05) is 30.7 Å². The predicted octanol–water partition coefficient (Wildman–Crippen LogP) is 3.53. The number of oxazole rings is 1. The lowest BCUT2D eigenvalue weighted by atomic mass is 9.98. The van der Waals surface area contributed by atoms with Gasteiger partial charge in [-0.2, -0.15) is 4.98 Å². The fourth-order valence-electron chi connectivity index (χ4n) is 3.39. The second-order valence-corrected chi connectivity index (χ2v) is 7.34. The van der Waals surface area contributed by atoms with Crippen LogP contribution in [0.15, 0.2) is 41.1 Å². The fraction of sp³-hybridized carbons (Fsp3) is 0.300. The lowest BCUT2D eigenvalue weighted by Gasteiger charge is -2.20. The highest BCUT2D eigenvalue weighted by Crippen LogP contribution is 2.34. The second kappa shape index (κ2) is 7.71. The molecular weight excluding hydrogens is 394 g/mol. The first-order chi connectivity index (χ1) is 14.0. The molecule has 1 aliphatic heterocycles. The molecule has 0 aliphatic carbocycles. The van der Waals surface area contributed by atoms with E-state index in [0.29, 0.717) is 35.5 Å². The van der Waals surface area contributed by atoms with E-state index >= 15 is 0 Å². The highest BCUT2D eigenvalue weighted by atomic mass is 35.5. The standard InChI is InChI=1S/C20H20ClN5O3/c1-3-13(10-25-11-16(27)23-19(25)28)18-17(14-4-6-15(21)7-5-14)24-20(29-18)26-9-8-22-12(26)2/h4-9,13H,3,10-11H2,1-2H3,(H,23,27,28). The van der Waals surface area contributed by atoms with Crippen molar-refractivity contribution in [2.24, 2.45) is 0 Å². The fourth-order valence-corrected chi connectivity index (χ4v) is 3.51. The number of amides is 3. The largest absolute Gasteiger partial charge is 0.427 e. The third-order valence-electron chi connectivity index (χ3n) is 4.96. The normalized spacial score (nSPS) is 15.1. The van der Waals surface area contributed by atoms with E-state index < -0.39 is 0 Å². The second-order valence-electron chi connectivity index (χ2n) is 6.90. The van der Waals surface area contributed by atoms with Gasteiger partial charge in [0.1, 0.15) is 23.8 Å². The van der Waals surface area contributed by atoms with Gasteiger partial charge < -0.3 is 9.32 Å². The molecule has 0 saturated carbocycles. The minimum absolute atomic E-state index is 0.0488. The number of urea groups is 1. The summed E-state index contributed by atoms with van der Waals surface area (Å²) in [6.45, 7) is 4.28. The highest BCUT2D eigenvalue weighted by molar-refractivity contribution is 6.30. The molecule has 4 rings (SSSR count). The number of carbonyl (C=O) groups is 2. The average Bonchev–Trinajstić information content (AvgIpc) is 3.39. The molecule has 150 valence electrons. The Morgan fingerprint density at radius 2 is 2.03 bits per heavy atom. The number of aromatic nitrogens is 3. The minimum atomic E-state index is -0.383. The molecule has 0 bridgehead atoms. The van der Waals surface area contributed by atoms with E-state index in [1.165, 1.54) is 4.90 Å². The summed E-state index contributed by atoms with van der Waals surface area (Å²) in [7, 11) is 0. The molecular formula is C20H20ClN5O3. The number of nitrogens with one attached hydrogen (secondary N) is 1. The van der Waals surface area contributed by atoms with E-state index in [2.05, 4.69) is 10.3 Å². The predicted molar refractivity (Wildman–Crippen MR) is 107 cm³/mol. The highest BCUT2D eigenvalue weighted by Gasteiger charge is 2.32. The van der Waals surface area contributed by atoms with Gasteiger partial charge in [-0.15, -0.1) is 0 Å². The van der Waals surface area contributed by atoms with Crippen LogP contribution < -0.4 is 5.32 Å². The van der Waals surface area contributed by atoms with Crippen LogP contribution in [0.2, 0.25) is 5.02 Å². The van der Waals surface area contributed by atoms with Crippen molar-refractivity contribution in [1.82, 2.24) is 24.8 Å². The van der Waals surface area contributed by atoms with Gasteiger partial charge in [0.05, 0.1) is 0 Å². The molecule has 3 heterocycles. The third kappa shape index (κ3) is 3.75. The Labute approximate surface area is 172 Å². The Hall–Kier alpha value is -3.13. The van der Waals surface area contributed by atoms with E-state index in [-0.39, 0.29) is 24.4 Å². The van der Waals surface area contributed by atoms with Crippen LogP contribution >= 0.6 is 11.6 Å². The van der Waals surface area contributed by atoms with Crippen molar-refractivity contribution in [1.29, 1.82) is 0 Å². The van der Waals surface area contributed by atoms with Crippen LogP contribution in [-0.4, -0.2) is 44.5 Å². The molecule has 2 aromatic heterocycles. The number of benzene rings is 1. The zero-order valence-electron chi connectivity index (χ0n) is 16.1. The molecule has 9 heteroatoms. The zero-order chi connectivity index (χ0) is 20.5. The number of aryl methyl sites for hydroxylation is 1. The van der Waals surface area contributed by atoms with Gasteiger partial charge in [-0.25, -0.2) is 9.78 Å². The topological polar surface area (TPSA) is 93.3 Å². The number of carbonyl (C=O) groups excluding carboxylic acids is 2. The van der Waals surface area contributed by atoms with E-state index in [1.54, 1.807) is 29.1 Å². The van der Waals surface area contributed by atoms with Crippen molar-refractivity contribution < 1.29 is 14.0 Å². The van der Waals surface area contributed by atoms with Crippen molar-refractivity contribution in [2.45, 2.75) is 26.2 Å². The zero-order valence-corrected chi connectivity index (χ0v) is 16.8. The van der Waals surface area contributed by atoms with E-state index in [0.717, 1.165) is 11.4 Å². The van der Waals surface area contributed by atoms with Crippen LogP contribution in [0.4, 0.5) is 4.79 Å². The number of hydrogen-bond acceptors (Lipinski definition) is 5. The van der Waals surface area contributed by atoms with Gasteiger partial charge >= 0.3 is 12.0 Å². The Morgan fingerprint density at radius 3 is 2.62 bits per heavy atom. The van der Waals surface area contributed by atoms with Gasteiger partial charge in [0, 0.05) is 35.4 Å². The first kappa shape index (κ1) is 19.2. The quantitative estimate of drug-likeness (QED) is 0.624. The number of imide groups is 1. The molecule has 1 aromatic carbocycles. The SMILES string of the molecule is CCC(CN1CC(=O)NC1=O)c1oc(-n2ccnc2C)nc1-c1ccc(Cl)cc1. The summed E-state index contributed by atoms with van der Waals surface area (Å²) in [5, 5.41) is 2.94. The monoisotopic (exact) mass is 413 g/mol. The first-order valence-corrected chi connectivity index (χ1v) is 9.69. The van der Waals surface area contributed by atoms with E-state index in [9.17, 15) is 9.59 Å². The molecule has 1 atom stereocenters. The maximum Gasteiger partial charge on any atom is 0.324 e. The number of rotatable bonds is 6. The summed E-state index contributed by atoms with van der Waals surface area (Å²) in [6, 6.07) is 7.38. The van der Waals surface area contributed by atoms with Crippen molar-refractivity contribution in [3.63, 3.8) is 0 Å². The van der Waals surface area contributed by atoms with Gasteiger partial charge in [0.2, 0.25) is 5.91 Å². The number of halogens is 1. The molecule has 8 nitrogen and oxygen atoms in total. The maximum atomic E-state index is 12.0. The van der Waals surface area contributed by atoms with Gasteiger partial charge in [-0.05, 0) is 25.5 Å². The minimum Gasteiger partial charge on any atom is -0.427 e. The molecule has 1 saturated heterocycles. The molecule has 3 aromatic rings. The number of imidazole rings is 1. The maximum absolute atomic E-state index is 12.0. The average molecular weight is 414 g/mol. The molecule has 29 heavy (non-hydrogen) atoms. The lowest BCUT2D eigenvalue weighted by Crippen LogP contribution is -2.32. The smallest absolute Gasteiger partial charge is 0.324 e. The number of hydrogen-bond donors (Lipinski definition) is 1. The third-order valence-corrected chi connectivity index (χ3v) is 5.22. The summed E-state index contributed by atoms with van der Waals surface area (Å²) in [5.41, 5.74) is 1.54. The van der Waals surface area contributed by atoms with E-state index in [4.69, 9.17) is 21.0 Å². The Bertz CT molecular complexity index is 1060. The van der Waals surface area contributed by atoms with Gasteiger partial charge in [0.25, 0.3) is 0 Å². The molecule has 1 fully saturated rings. The van der Waals surface area contributed by atoms with Crippen molar-refractivity contribution in [2.75, 3.05) is 13.1 Å². The summed E-state index contributed by atoms with van der Waals surface area (Å²) in [6.07, 6.45) is 4.17. The first-order valence-electron chi connectivity index (χ1n) is 9.32. The van der Waals surface area contributed by atoms with Crippen LogP contribution in [0.5, 0.6) is 0 Å². The Kier molecular flexibility index (Phi) is 5.10. The van der Waals surface area contributed by atoms with Crippen LogP contribution in [0.3, 0.4) is 0 Å². The van der Waals surface area contributed by atoms with E-state index in [1.807, 2.05) is 26.0 Å². The molecule has 1 aliphatic rings. The van der Waals surface area contributed by atoms with Crippen LogP contribution in [-0.2, 0) is 4.79 Å². The molecule has 3 amide bonds. The summed E-state index contributed by atoms with van der Waals surface area (Å²) < 4.78 is 7.95. The van der Waals surface area contributed by atoms with Gasteiger partial charge in [0.15, 0.2) is 0 Å². The molecule has 1 unspecified atom stereocenters. The summed E-state index contributed by atoms with van der Waals surface area (Å²) in [4.78, 5) is 34.0. The summed E-state index contributed by atoms with van der Waals surface area (Å²) >= 11 is 6.04. The molecule has 1 N–H and O–H groups in total. The number of nitrogens with zero attached hydrogens (tertiary/aromatic N) is 4. The van der Waals surface area contributed by atoms with Crippen LogP contribution in [0.1, 0.15) is 30.8 Å². The Morgan fingerprint density at radius 1 is 1.28 bits per heavy atom. The van der Waals surface area contributed by atoms with Gasteiger partial charge in [-0.3, -0.25) is 14.7 Å². The van der Waals surface area contributed by atoms with Crippen molar-refractivity contribution in [3.05, 3.63) is 53.3 Å². The lowest BCUT2D eigenvalue weighted by molar-refractivity contribution is -0.118. The molecule has 0 radical (unpaired) electrons. The van der Waals surface area contributed by atoms with Crippen molar-refractivity contribution in [3.8, 4) is 17.3 Å².